The number of halogens is 4. The number of benzene rings is 2. The molecule has 9 heteroatoms. The third-order valence-electron chi connectivity index (χ3n) is 4.15. The van der Waals surface area contributed by atoms with Gasteiger partial charge in [0.05, 0.1) is 29.3 Å². The van der Waals surface area contributed by atoms with E-state index in [1.807, 2.05) is 0 Å². The molecule has 3 rings (SSSR count). The number of carbonyl (C=O) groups is 1. The quantitative estimate of drug-likeness (QED) is 0.666. The molecule has 0 spiro atoms. The van der Waals surface area contributed by atoms with E-state index in [1.54, 1.807) is 6.07 Å². The second-order valence-electron chi connectivity index (χ2n) is 6.02. The minimum absolute atomic E-state index is 0.209. The van der Waals surface area contributed by atoms with Crippen LogP contribution in [0.25, 0.3) is 10.9 Å². The van der Waals surface area contributed by atoms with E-state index < -0.39 is 35.1 Å². The molecule has 0 aliphatic heterocycles. The summed E-state index contributed by atoms with van der Waals surface area (Å²) in [6.45, 7) is -0.221. The first-order valence-corrected chi connectivity index (χ1v) is 8.04. The lowest BCUT2D eigenvalue weighted by Gasteiger charge is -2.15. The molecule has 1 atom stereocenters. The van der Waals surface area contributed by atoms with Gasteiger partial charge >= 0.3 is 6.18 Å². The molecule has 2 N–H and O–H groups in total. The van der Waals surface area contributed by atoms with Gasteiger partial charge in [0.25, 0.3) is 5.91 Å². The summed E-state index contributed by atoms with van der Waals surface area (Å²) in [5.74, 6) is -1.39. The molecule has 3 aromatic rings. The number of aliphatic hydroxyl groups is 1. The lowest BCUT2D eigenvalue weighted by Crippen LogP contribution is -2.31. The molecule has 1 unspecified atom stereocenters. The number of hydrogen-bond acceptors (Lipinski definition) is 3. The number of fused-ring (bicyclic) bond motifs is 1. The van der Waals surface area contributed by atoms with Crippen LogP contribution >= 0.6 is 0 Å². The Balaban J connectivity index is 1.77. The van der Waals surface area contributed by atoms with E-state index in [0.717, 1.165) is 12.1 Å². The van der Waals surface area contributed by atoms with Crippen molar-refractivity contribution in [1.82, 2.24) is 4.57 Å². The van der Waals surface area contributed by atoms with Gasteiger partial charge in [-0.3, -0.25) is 4.79 Å². The number of nitrogens with one attached hydrogen (secondary N) is 1. The highest BCUT2D eigenvalue weighted by molar-refractivity contribution is 5.94. The third-order valence-corrected chi connectivity index (χ3v) is 4.15. The number of hydrogen-bond donors (Lipinski definition) is 2. The molecule has 1 amide bonds. The molecule has 144 valence electrons. The number of rotatable bonds is 4. The van der Waals surface area contributed by atoms with Gasteiger partial charge in [0.1, 0.15) is 5.82 Å². The summed E-state index contributed by atoms with van der Waals surface area (Å²) < 4.78 is 54.2. The van der Waals surface area contributed by atoms with Gasteiger partial charge in [-0.2, -0.15) is 18.4 Å². The molecule has 5 nitrogen and oxygen atoms in total. The maximum absolute atomic E-state index is 13.7. The zero-order valence-electron chi connectivity index (χ0n) is 14.2. The molecule has 0 saturated heterocycles. The third kappa shape index (κ3) is 3.82. The molecule has 0 bridgehead atoms. The van der Waals surface area contributed by atoms with Crippen molar-refractivity contribution in [3.63, 3.8) is 0 Å². The summed E-state index contributed by atoms with van der Waals surface area (Å²) in [6, 6.07) is 10.0. The predicted molar refractivity (Wildman–Crippen MR) is 92.7 cm³/mol. The summed E-state index contributed by atoms with van der Waals surface area (Å²) in [5, 5.41) is 21.4. The van der Waals surface area contributed by atoms with Gasteiger partial charge in [0.2, 0.25) is 0 Å². The second-order valence-corrected chi connectivity index (χ2v) is 6.02. The smallest absolute Gasteiger partial charge is 0.381 e. The van der Waals surface area contributed by atoms with Gasteiger partial charge in [0, 0.05) is 17.3 Å². The second kappa shape index (κ2) is 7.32. The van der Waals surface area contributed by atoms with Gasteiger partial charge in [-0.15, -0.1) is 0 Å². The molecule has 1 aromatic heterocycles. The Morgan fingerprint density at radius 1 is 1.25 bits per heavy atom. The molecule has 1 heterocycles. The van der Waals surface area contributed by atoms with Crippen LogP contribution in [0.3, 0.4) is 0 Å². The van der Waals surface area contributed by atoms with E-state index in [2.05, 4.69) is 5.32 Å². The lowest BCUT2D eigenvalue weighted by atomic mass is 10.1. The molecular weight excluding hydrogens is 378 g/mol. The number of carbonyl (C=O) groups excluding carboxylic acids is 1. The van der Waals surface area contributed by atoms with E-state index in [9.17, 15) is 27.5 Å². The number of nitriles is 1. The molecular formula is C19H13F4N3O2. The van der Waals surface area contributed by atoms with Crippen molar-refractivity contribution in [2.75, 3.05) is 5.32 Å². The first kappa shape index (κ1) is 19.4. The van der Waals surface area contributed by atoms with Crippen LogP contribution in [-0.2, 0) is 17.5 Å². The summed E-state index contributed by atoms with van der Waals surface area (Å²) in [6.07, 6.45) is -4.87. The van der Waals surface area contributed by atoms with Crippen molar-refractivity contribution in [1.29, 1.82) is 5.26 Å². The zero-order valence-corrected chi connectivity index (χ0v) is 14.2. The molecule has 0 saturated carbocycles. The van der Waals surface area contributed by atoms with Crippen LogP contribution in [0, 0.1) is 17.1 Å². The van der Waals surface area contributed by atoms with Crippen molar-refractivity contribution in [2.24, 2.45) is 0 Å². The fraction of sp³-hybridized carbons (Fsp3) is 0.158. The molecule has 28 heavy (non-hydrogen) atoms. The fourth-order valence-corrected chi connectivity index (χ4v) is 2.79. The fourth-order valence-electron chi connectivity index (χ4n) is 2.79. The van der Waals surface area contributed by atoms with E-state index >= 15 is 0 Å². The Morgan fingerprint density at radius 2 is 2.00 bits per heavy atom. The standard InChI is InChI=1S/C19H13F4N3O2/c20-15-2-1-3-16-13(15)6-7-26(16)10-17(27)18(28)25-12-5-4-11(9-24)14(8-12)19(21,22)23/h1-8,17,27H,10H2,(H,25,28). The Labute approximate surface area is 156 Å². The summed E-state index contributed by atoms with van der Waals surface area (Å²) in [4.78, 5) is 12.2. The van der Waals surface area contributed by atoms with E-state index in [-0.39, 0.29) is 12.2 Å². The van der Waals surface area contributed by atoms with Crippen molar-refractivity contribution >= 4 is 22.5 Å². The molecule has 0 fully saturated rings. The number of amides is 1. The van der Waals surface area contributed by atoms with Crippen LogP contribution in [-0.4, -0.2) is 21.7 Å². The number of aromatic nitrogens is 1. The Bertz CT molecular complexity index is 1080. The summed E-state index contributed by atoms with van der Waals surface area (Å²) >= 11 is 0. The SMILES string of the molecule is N#Cc1ccc(NC(=O)C(O)Cn2ccc3c(F)cccc32)cc1C(F)(F)F. The number of alkyl halides is 3. The van der Waals surface area contributed by atoms with Crippen LogP contribution < -0.4 is 5.32 Å². The normalized spacial score (nSPS) is 12.6. The highest BCUT2D eigenvalue weighted by Crippen LogP contribution is 2.33. The topological polar surface area (TPSA) is 78.1 Å². The Kier molecular flexibility index (Phi) is 5.07. The monoisotopic (exact) mass is 391 g/mol. The van der Waals surface area contributed by atoms with Crippen LogP contribution in [0.4, 0.5) is 23.2 Å². The molecule has 2 aromatic carbocycles. The molecule has 0 aliphatic carbocycles. The van der Waals surface area contributed by atoms with Crippen molar-refractivity contribution in [3.8, 4) is 6.07 Å². The number of aliphatic hydroxyl groups excluding tert-OH is 1. The maximum Gasteiger partial charge on any atom is 0.417 e. The first-order valence-electron chi connectivity index (χ1n) is 8.04. The van der Waals surface area contributed by atoms with Crippen molar-refractivity contribution in [3.05, 3.63) is 65.6 Å². The van der Waals surface area contributed by atoms with Crippen LogP contribution in [0.2, 0.25) is 0 Å². The maximum atomic E-state index is 13.7. The zero-order chi connectivity index (χ0) is 20.5. The van der Waals surface area contributed by atoms with E-state index in [4.69, 9.17) is 5.26 Å². The highest BCUT2D eigenvalue weighted by atomic mass is 19.4. The summed E-state index contributed by atoms with van der Waals surface area (Å²) in [7, 11) is 0. The van der Waals surface area contributed by atoms with Gasteiger partial charge in [-0.25, -0.2) is 4.39 Å². The predicted octanol–water partition coefficient (Wildman–Crippen LogP) is 3.67. The number of nitrogens with zero attached hydrogens (tertiary/aromatic N) is 2. The highest BCUT2D eigenvalue weighted by Gasteiger charge is 2.34. The van der Waals surface area contributed by atoms with E-state index in [0.29, 0.717) is 17.0 Å². The molecule has 0 radical (unpaired) electrons. The molecule has 0 aliphatic rings. The van der Waals surface area contributed by atoms with Crippen molar-refractivity contribution in [2.45, 2.75) is 18.8 Å². The lowest BCUT2D eigenvalue weighted by molar-refractivity contribution is -0.137. The first-order chi connectivity index (χ1) is 13.2. The largest absolute Gasteiger partial charge is 0.417 e. The van der Waals surface area contributed by atoms with Crippen molar-refractivity contribution < 1.29 is 27.5 Å². The minimum atomic E-state index is -4.77. The number of anilines is 1. The van der Waals surface area contributed by atoms with Gasteiger partial charge in [-0.1, -0.05) is 6.07 Å². The minimum Gasteiger partial charge on any atom is -0.381 e. The summed E-state index contributed by atoms with van der Waals surface area (Å²) in [5.41, 5.74) is -1.51. The van der Waals surface area contributed by atoms with E-state index in [1.165, 1.54) is 35.0 Å². The van der Waals surface area contributed by atoms with Gasteiger partial charge < -0.3 is 15.0 Å². The van der Waals surface area contributed by atoms with Crippen LogP contribution in [0.15, 0.2) is 48.7 Å². The van der Waals surface area contributed by atoms with Gasteiger partial charge in [0.15, 0.2) is 6.10 Å². The average molecular weight is 391 g/mol. The van der Waals surface area contributed by atoms with Crippen LogP contribution in [0.5, 0.6) is 0 Å². The Morgan fingerprint density at radius 3 is 2.68 bits per heavy atom. The Hall–Kier alpha value is -3.38. The average Bonchev–Trinajstić information content (AvgIpc) is 3.05. The van der Waals surface area contributed by atoms with Crippen LogP contribution in [0.1, 0.15) is 11.1 Å². The van der Waals surface area contributed by atoms with Gasteiger partial charge in [-0.05, 0) is 36.4 Å².